The highest BCUT2D eigenvalue weighted by Crippen LogP contribution is 2.34. The summed E-state index contributed by atoms with van der Waals surface area (Å²) in [6, 6.07) is 22.1. The fourth-order valence-corrected chi connectivity index (χ4v) is 4.54. The van der Waals surface area contributed by atoms with Gasteiger partial charge in [-0.25, -0.2) is 0 Å². The molecule has 4 rings (SSSR count). The van der Waals surface area contributed by atoms with Gasteiger partial charge < -0.3 is 41.5 Å². The number of ether oxygens (including phenoxy) is 1. The van der Waals surface area contributed by atoms with E-state index in [1.807, 2.05) is 36.4 Å². The topological polar surface area (TPSA) is 185 Å². The molecule has 10 heteroatoms. The number of aryl methyl sites for hydroxylation is 1. The summed E-state index contributed by atoms with van der Waals surface area (Å²) >= 11 is 6.36. The summed E-state index contributed by atoms with van der Waals surface area (Å²) in [6.07, 6.45) is -3.89. The summed E-state index contributed by atoms with van der Waals surface area (Å²) in [6.45, 7) is 1.65. The van der Waals surface area contributed by atoms with Crippen LogP contribution < -0.4 is 5.73 Å². The Kier molecular flexibility index (Phi) is 15.2. The largest absolute Gasteiger partial charge is 0.480 e. The number of halogens is 1. The number of carboxylic acid groups (broad SMARTS) is 1. The SMILES string of the molecule is C.CCc1ccc(Cc2cc([C@@H]3O[C@H](CO)[C@@H](O)[C@H](O)[C@H]3O)ccc2Cl)cc1.N[C@@H](Cc1ccccc1)C(=O)O.O. The van der Waals surface area contributed by atoms with E-state index in [-0.39, 0.29) is 12.9 Å². The molecule has 0 radical (unpaired) electrons. The van der Waals surface area contributed by atoms with Crippen molar-refractivity contribution in [1.29, 1.82) is 0 Å². The lowest BCUT2D eigenvalue weighted by molar-refractivity contribution is -0.231. The lowest BCUT2D eigenvalue weighted by atomic mass is 9.90. The van der Waals surface area contributed by atoms with E-state index in [1.54, 1.807) is 12.1 Å². The summed E-state index contributed by atoms with van der Waals surface area (Å²) in [4.78, 5) is 10.4. The van der Waals surface area contributed by atoms with Crippen LogP contribution in [0.15, 0.2) is 72.8 Å². The molecule has 3 aromatic rings. The molecule has 0 unspecified atom stereocenters. The molecule has 0 saturated carbocycles. The predicted octanol–water partition coefficient (Wildman–Crippen LogP) is 2.46. The third-order valence-electron chi connectivity index (χ3n) is 6.73. The first-order valence-corrected chi connectivity index (χ1v) is 13.2. The highest BCUT2D eigenvalue weighted by atomic mass is 35.5. The molecular formula is C31H42ClNO8. The molecule has 41 heavy (non-hydrogen) atoms. The highest BCUT2D eigenvalue weighted by molar-refractivity contribution is 6.31. The average molecular weight is 592 g/mol. The van der Waals surface area contributed by atoms with Gasteiger partial charge in [-0.3, -0.25) is 4.79 Å². The molecule has 9 N–H and O–H groups in total. The Morgan fingerprint density at radius 1 is 0.927 bits per heavy atom. The maximum absolute atomic E-state index is 10.4. The predicted molar refractivity (Wildman–Crippen MR) is 159 cm³/mol. The molecule has 9 nitrogen and oxygen atoms in total. The van der Waals surface area contributed by atoms with Crippen molar-refractivity contribution in [2.24, 2.45) is 5.73 Å². The molecule has 1 aliphatic rings. The molecule has 6 atom stereocenters. The van der Waals surface area contributed by atoms with Gasteiger partial charge in [0.25, 0.3) is 0 Å². The van der Waals surface area contributed by atoms with E-state index in [2.05, 4.69) is 31.2 Å². The number of benzene rings is 3. The van der Waals surface area contributed by atoms with Crippen molar-refractivity contribution in [3.63, 3.8) is 0 Å². The number of aliphatic hydroxyl groups is 4. The molecule has 0 bridgehead atoms. The third-order valence-corrected chi connectivity index (χ3v) is 7.10. The summed E-state index contributed by atoms with van der Waals surface area (Å²) in [5.41, 5.74) is 10.2. The van der Waals surface area contributed by atoms with Gasteiger partial charge in [-0.05, 0) is 53.1 Å². The van der Waals surface area contributed by atoms with Crippen LogP contribution in [0.1, 0.15) is 48.3 Å². The number of rotatable bonds is 8. The summed E-state index contributed by atoms with van der Waals surface area (Å²) in [7, 11) is 0. The lowest BCUT2D eigenvalue weighted by Gasteiger charge is -2.40. The van der Waals surface area contributed by atoms with E-state index in [0.717, 1.165) is 23.1 Å². The molecule has 3 aromatic carbocycles. The zero-order valence-corrected chi connectivity index (χ0v) is 23.0. The number of hydrogen-bond donors (Lipinski definition) is 6. The fraction of sp³-hybridized carbons (Fsp3) is 0.387. The second-order valence-corrected chi connectivity index (χ2v) is 9.99. The molecule has 0 amide bonds. The standard InChI is InChI=1S/C21H25ClO5.C9H11NO2.CH4.H2O/c1-2-12-3-5-13(6-4-12)9-15-10-14(7-8-16(15)22)21-20(26)19(25)18(24)17(11-23)27-21;10-8(9(11)12)6-7-4-2-1-3-5-7;;/h3-8,10,17-21,23-26H,2,9,11H2,1H3;1-5,8H,6,10H2,(H,11,12);1H4;1H2/t17-,18-,19+,20-,21+;8-;;/m10../s1. The van der Waals surface area contributed by atoms with Gasteiger partial charge in [-0.15, -0.1) is 0 Å². The van der Waals surface area contributed by atoms with Gasteiger partial charge in [0.1, 0.15) is 36.6 Å². The molecule has 0 aromatic heterocycles. The first-order valence-electron chi connectivity index (χ1n) is 12.8. The number of carbonyl (C=O) groups is 1. The molecule has 0 aliphatic carbocycles. The van der Waals surface area contributed by atoms with E-state index in [1.165, 1.54) is 5.56 Å². The first-order chi connectivity index (χ1) is 18.6. The van der Waals surface area contributed by atoms with Crippen molar-refractivity contribution < 1.29 is 40.5 Å². The molecule has 0 spiro atoms. The summed E-state index contributed by atoms with van der Waals surface area (Å²) < 4.78 is 5.64. The minimum atomic E-state index is -1.40. The molecule has 1 saturated heterocycles. The van der Waals surface area contributed by atoms with E-state index in [9.17, 15) is 25.2 Å². The minimum absolute atomic E-state index is 0. The Bertz CT molecular complexity index is 1190. The maximum Gasteiger partial charge on any atom is 0.320 e. The minimum Gasteiger partial charge on any atom is -0.480 e. The summed E-state index contributed by atoms with van der Waals surface area (Å²) in [5, 5.41) is 48.8. The molecule has 1 fully saturated rings. The van der Waals surface area contributed by atoms with Crippen LogP contribution >= 0.6 is 11.6 Å². The van der Waals surface area contributed by atoms with E-state index < -0.39 is 49.1 Å². The van der Waals surface area contributed by atoms with Crippen LogP contribution in [0, 0.1) is 0 Å². The van der Waals surface area contributed by atoms with Crippen LogP contribution in [0.5, 0.6) is 0 Å². The smallest absolute Gasteiger partial charge is 0.320 e. The van der Waals surface area contributed by atoms with Crippen molar-refractivity contribution in [2.45, 2.75) is 70.2 Å². The highest BCUT2D eigenvalue weighted by Gasteiger charge is 2.44. The molecular weight excluding hydrogens is 550 g/mol. The Morgan fingerprint density at radius 3 is 2.10 bits per heavy atom. The van der Waals surface area contributed by atoms with Crippen molar-refractivity contribution in [3.8, 4) is 0 Å². The van der Waals surface area contributed by atoms with Crippen LogP contribution in [-0.4, -0.2) is 74.0 Å². The van der Waals surface area contributed by atoms with Crippen molar-refractivity contribution in [1.82, 2.24) is 0 Å². The number of hydrogen-bond acceptors (Lipinski definition) is 7. The van der Waals surface area contributed by atoms with Gasteiger partial charge in [-0.1, -0.05) is 92.7 Å². The number of carboxylic acids is 1. The number of aliphatic hydroxyl groups excluding tert-OH is 4. The van der Waals surface area contributed by atoms with E-state index in [0.29, 0.717) is 23.4 Å². The first kappa shape index (κ1) is 36.2. The zero-order chi connectivity index (χ0) is 28.5. The van der Waals surface area contributed by atoms with Gasteiger partial charge in [0.05, 0.1) is 6.61 Å². The Balaban J connectivity index is 0.000000509. The number of aliphatic carboxylic acids is 1. The normalized spacial score (nSPS) is 22.3. The zero-order valence-electron chi connectivity index (χ0n) is 22.2. The average Bonchev–Trinajstić information content (AvgIpc) is 2.94. The quantitative estimate of drug-likeness (QED) is 0.230. The Labute approximate surface area is 246 Å². The molecule has 1 aliphatic heterocycles. The van der Waals surface area contributed by atoms with Gasteiger partial charge in [0, 0.05) is 5.02 Å². The van der Waals surface area contributed by atoms with Gasteiger partial charge in [0.15, 0.2) is 0 Å². The fourth-order valence-electron chi connectivity index (χ4n) is 4.35. The second kappa shape index (κ2) is 17.2. The van der Waals surface area contributed by atoms with Crippen molar-refractivity contribution >= 4 is 17.6 Å². The number of nitrogens with two attached hydrogens (primary N) is 1. The van der Waals surface area contributed by atoms with Gasteiger partial charge in [-0.2, -0.15) is 0 Å². The Morgan fingerprint density at radius 2 is 1.54 bits per heavy atom. The van der Waals surface area contributed by atoms with Crippen molar-refractivity contribution in [3.05, 3.63) is 106 Å². The van der Waals surface area contributed by atoms with Crippen molar-refractivity contribution in [2.75, 3.05) is 6.61 Å². The van der Waals surface area contributed by atoms with Crippen LogP contribution in [0.3, 0.4) is 0 Å². The van der Waals surface area contributed by atoms with Crippen LogP contribution in [0.25, 0.3) is 0 Å². The van der Waals surface area contributed by atoms with Crippen LogP contribution in [-0.2, 0) is 28.8 Å². The summed E-state index contributed by atoms with van der Waals surface area (Å²) in [5.74, 6) is -0.959. The van der Waals surface area contributed by atoms with E-state index in [4.69, 9.17) is 27.2 Å². The van der Waals surface area contributed by atoms with Crippen LogP contribution in [0.4, 0.5) is 0 Å². The second-order valence-electron chi connectivity index (χ2n) is 9.58. The van der Waals surface area contributed by atoms with Gasteiger partial charge in [0.2, 0.25) is 0 Å². The van der Waals surface area contributed by atoms with E-state index >= 15 is 0 Å². The van der Waals surface area contributed by atoms with Crippen LogP contribution in [0.2, 0.25) is 5.02 Å². The van der Waals surface area contributed by atoms with Gasteiger partial charge >= 0.3 is 5.97 Å². The molecule has 1 heterocycles. The molecule has 226 valence electrons. The Hall–Kier alpha value is -2.86. The lowest BCUT2D eigenvalue weighted by Crippen LogP contribution is -2.55. The third kappa shape index (κ3) is 9.88. The maximum atomic E-state index is 10.4. The monoisotopic (exact) mass is 591 g/mol.